The molecule has 21 heavy (non-hydrogen) atoms. The highest BCUT2D eigenvalue weighted by molar-refractivity contribution is 5.77. The molecule has 0 bridgehead atoms. The van der Waals surface area contributed by atoms with Crippen molar-refractivity contribution in [1.29, 1.82) is 0 Å². The van der Waals surface area contributed by atoms with E-state index in [4.69, 9.17) is 9.84 Å². The number of carboxylic acid groups (broad SMARTS) is 1. The van der Waals surface area contributed by atoms with Crippen LogP contribution in [0.25, 0.3) is 0 Å². The fraction of sp³-hybridized carbons (Fsp3) is 0.500. The summed E-state index contributed by atoms with van der Waals surface area (Å²) in [5, 5.41) is 8.65. The molecule has 5 nitrogen and oxygen atoms in total. The van der Waals surface area contributed by atoms with E-state index in [0.29, 0.717) is 13.2 Å². The van der Waals surface area contributed by atoms with Crippen LogP contribution in [0.1, 0.15) is 30.9 Å². The largest absolute Gasteiger partial charge is 0.493 e. The van der Waals surface area contributed by atoms with Gasteiger partial charge in [0.15, 0.2) is 0 Å². The third-order valence-corrected chi connectivity index (χ3v) is 3.23. The van der Waals surface area contributed by atoms with Crippen molar-refractivity contribution in [2.75, 3.05) is 19.7 Å². The first-order valence-electron chi connectivity index (χ1n) is 7.13. The van der Waals surface area contributed by atoms with Gasteiger partial charge >= 0.3 is 5.97 Å². The molecule has 1 aromatic rings. The monoisotopic (exact) mass is 293 g/mol. The number of hydrogen-bond acceptors (Lipinski definition) is 3. The van der Waals surface area contributed by atoms with Crippen LogP contribution in [0, 0.1) is 13.8 Å². The summed E-state index contributed by atoms with van der Waals surface area (Å²) in [5.41, 5.74) is 2.21. The van der Waals surface area contributed by atoms with Crippen molar-refractivity contribution in [2.24, 2.45) is 0 Å². The Balaban J connectivity index is 2.42. The average molecular weight is 293 g/mol. The van der Waals surface area contributed by atoms with Crippen LogP contribution in [0.15, 0.2) is 18.2 Å². The fourth-order valence-corrected chi connectivity index (χ4v) is 2.06. The molecule has 1 amide bonds. The Kier molecular flexibility index (Phi) is 6.72. The van der Waals surface area contributed by atoms with Gasteiger partial charge in [0.25, 0.3) is 0 Å². The molecular weight excluding hydrogens is 270 g/mol. The number of aliphatic carboxylic acids is 1. The number of hydrogen-bond donors (Lipinski definition) is 1. The minimum absolute atomic E-state index is 0.0303. The lowest BCUT2D eigenvalue weighted by molar-refractivity contribution is -0.138. The fourth-order valence-electron chi connectivity index (χ4n) is 2.06. The number of nitrogens with zero attached hydrogens (tertiary/aromatic N) is 1. The molecule has 0 spiro atoms. The Hall–Kier alpha value is -2.04. The van der Waals surface area contributed by atoms with Gasteiger partial charge in [-0.1, -0.05) is 17.7 Å². The molecule has 0 heterocycles. The van der Waals surface area contributed by atoms with Gasteiger partial charge in [-0.05, 0) is 32.4 Å². The minimum Gasteiger partial charge on any atom is -0.493 e. The zero-order valence-corrected chi connectivity index (χ0v) is 12.9. The molecular formula is C16H23NO4. The third kappa shape index (κ3) is 5.85. The highest BCUT2D eigenvalue weighted by Crippen LogP contribution is 2.18. The van der Waals surface area contributed by atoms with E-state index in [-0.39, 0.29) is 25.3 Å². The summed E-state index contributed by atoms with van der Waals surface area (Å²) in [5.74, 6) is -0.196. The maximum atomic E-state index is 12.0. The molecule has 0 aromatic heterocycles. The molecule has 0 radical (unpaired) electrons. The van der Waals surface area contributed by atoms with Crippen LogP contribution in [-0.4, -0.2) is 41.6 Å². The molecule has 1 aromatic carbocycles. The van der Waals surface area contributed by atoms with E-state index in [1.807, 2.05) is 39.0 Å². The number of ether oxygens (including phenoxy) is 1. The van der Waals surface area contributed by atoms with Crippen LogP contribution in [0.4, 0.5) is 0 Å². The van der Waals surface area contributed by atoms with Gasteiger partial charge in [0.05, 0.1) is 19.4 Å². The third-order valence-electron chi connectivity index (χ3n) is 3.23. The van der Waals surface area contributed by atoms with Crippen LogP contribution < -0.4 is 4.74 Å². The second-order valence-corrected chi connectivity index (χ2v) is 4.98. The van der Waals surface area contributed by atoms with Gasteiger partial charge < -0.3 is 14.7 Å². The average Bonchev–Trinajstić information content (AvgIpc) is 2.41. The first-order valence-corrected chi connectivity index (χ1v) is 7.13. The van der Waals surface area contributed by atoms with Crippen molar-refractivity contribution in [3.05, 3.63) is 29.3 Å². The topological polar surface area (TPSA) is 66.8 Å². The number of amides is 1. The van der Waals surface area contributed by atoms with Crippen molar-refractivity contribution in [3.63, 3.8) is 0 Å². The first-order chi connectivity index (χ1) is 9.93. The number of rotatable bonds is 8. The van der Waals surface area contributed by atoms with Crippen molar-refractivity contribution in [3.8, 4) is 5.75 Å². The Bertz CT molecular complexity index is 499. The standard InChI is InChI=1S/C16H23NO4/c1-4-17(9-7-16(19)20)15(18)8-10-21-14-6-5-12(2)11-13(14)3/h5-6,11H,4,7-10H2,1-3H3,(H,19,20). The normalized spacial score (nSPS) is 10.2. The summed E-state index contributed by atoms with van der Waals surface area (Å²) in [6, 6.07) is 5.90. The van der Waals surface area contributed by atoms with E-state index < -0.39 is 5.97 Å². The van der Waals surface area contributed by atoms with Gasteiger partial charge in [-0.15, -0.1) is 0 Å². The van der Waals surface area contributed by atoms with Crippen LogP contribution in [0.3, 0.4) is 0 Å². The van der Waals surface area contributed by atoms with E-state index in [2.05, 4.69) is 0 Å². The van der Waals surface area contributed by atoms with E-state index in [9.17, 15) is 9.59 Å². The summed E-state index contributed by atoms with van der Waals surface area (Å²) in [6.45, 7) is 6.87. The lowest BCUT2D eigenvalue weighted by atomic mass is 10.1. The number of carbonyl (C=O) groups is 2. The first kappa shape index (κ1) is 17.0. The number of carbonyl (C=O) groups excluding carboxylic acids is 1. The second-order valence-electron chi connectivity index (χ2n) is 4.98. The molecule has 5 heteroatoms. The van der Waals surface area contributed by atoms with Crippen LogP contribution in [-0.2, 0) is 9.59 Å². The maximum Gasteiger partial charge on any atom is 0.305 e. The highest BCUT2D eigenvalue weighted by Gasteiger charge is 2.13. The molecule has 1 N–H and O–H groups in total. The molecule has 0 saturated heterocycles. The number of carboxylic acids is 1. The number of aryl methyl sites for hydroxylation is 2. The minimum atomic E-state index is -0.896. The smallest absolute Gasteiger partial charge is 0.305 e. The van der Waals surface area contributed by atoms with E-state index >= 15 is 0 Å². The molecule has 0 aliphatic heterocycles. The molecule has 0 saturated carbocycles. The van der Waals surface area contributed by atoms with E-state index in [1.54, 1.807) is 4.90 Å². The summed E-state index contributed by atoms with van der Waals surface area (Å²) in [6.07, 6.45) is 0.221. The lowest BCUT2D eigenvalue weighted by Gasteiger charge is -2.20. The zero-order valence-electron chi connectivity index (χ0n) is 12.9. The molecule has 0 atom stereocenters. The van der Waals surface area contributed by atoms with Crippen molar-refractivity contribution in [2.45, 2.75) is 33.6 Å². The van der Waals surface area contributed by atoms with Gasteiger partial charge in [-0.3, -0.25) is 9.59 Å². The number of benzene rings is 1. The van der Waals surface area contributed by atoms with Crippen molar-refractivity contribution >= 4 is 11.9 Å². The Morgan fingerprint density at radius 2 is 1.95 bits per heavy atom. The van der Waals surface area contributed by atoms with Crippen LogP contribution in [0.5, 0.6) is 5.75 Å². The Morgan fingerprint density at radius 1 is 1.24 bits per heavy atom. The maximum absolute atomic E-state index is 12.0. The van der Waals surface area contributed by atoms with Gasteiger partial charge in [0.2, 0.25) is 5.91 Å². The summed E-state index contributed by atoms with van der Waals surface area (Å²) in [4.78, 5) is 24.1. The van der Waals surface area contributed by atoms with Crippen LogP contribution >= 0.6 is 0 Å². The van der Waals surface area contributed by atoms with Gasteiger partial charge in [0.1, 0.15) is 5.75 Å². The van der Waals surface area contributed by atoms with E-state index in [0.717, 1.165) is 11.3 Å². The molecule has 0 aliphatic carbocycles. The highest BCUT2D eigenvalue weighted by atomic mass is 16.5. The lowest BCUT2D eigenvalue weighted by Crippen LogP contribution is -2.33. The quantitative estimate of drug-likeness (QED) is 0.799. The summed E-state index contributed by atoms with van der Waals surface area (Å²) < 4.78 is 5.62. The second kappa shape index (κ2) is 8.29. The molecule has 1 rings (SSSR count). The molecule has 0 fully saturated rings. The SMILES string of the molecule is CCN(CCC(=O)O)C(=O)CCOc1ccc(C)cc1C. The van der Waals surface area contributed by atoms with Gasteiger partial charge in [-0.25, -0.2) is 0 Å². The predicted molar refractivity (Wildman–Crippen MR) is 80.5 cm³/mol. The van der Waals surface area contributed by atoms with Crippen molar-refractivity contribution < 1.29 is 19.4 Å². The molecule has 0 aliphatic rings. The van der Waals surface area contributed by atoms with Crippen LogP contribution in [0.2, 0.25) is 0 Å². The molecule has 0 unspecified atom stereocenters. The van der Waals surface area contributed by atoms with Crippen molar-refractivity contribution in [1.82, 2.24) is 4.90 Å². The zero-order chi connectivity index (χ0) is 15.8. The van der Waals surface area contributed by atoms with E-state index in [1.165, 1.54) is 5.56 Å². The predicted octanol–water partition coefficient (Wildman–Crippen LogP) is 2.40. The van der Waals surface area contributed by atoms with Gasteiger partial charge in [-0.2, -0.15) is 0 Å². The summed E-state index contributed by atoms with van der Waals surface area (Å²) in [7, 11) is 0. The molecule has 116 valence electrons. The van der Waals surface area contributed by atoms with Gasteiger partial charge in [0, 0.05) is 13.1 Å². The Labute approximate surface area is 125 Å². The Morgan fingerprint density at radius 3 is 2.52 bits per heavy atom. The summed E-state index contributed by atoms with van der Waals surface area (Å²) >= 11 is 0.